The number of halogens is 2. The topological polar surface area (TPSA) is 80.4 Å². The molecule has 0 saturated heterocycles. The number of carbonyl (C=O) groups is 1. The molecule has 0 aliphatic heterocycles. The number of hydrogen-bond donors (Lipinski definition) is 1. The van der Waals surface area contributed by atoms with Crippen LogP contribution in [0.2, 0.25) is 0 Å². The number of nitrogens with zero attached hydrogens (tertiary/aromatic N) is 1. The maximum Gasteiger partial charge on any atom is 0.336 e. The highest BCUT2D eigenvalue weighted by molar-refractivity contribution is 9.10. The molecule has 0 saturated carbocycles. The summed E-state index contributed by atoms with van der Waals surface area (Å²) in [4.78, 5) is 21.9. The Hall–Kier alpha value is -1.93. The van der Waals surface area contributed by atoms with Gasteiger partial charge in [0.15, 0.2) is 0 Å². The van der Waals surface area contributed by atoms with Crippen molar-refractivity contribution in [3.63, 3.8) is 0 Å². The Labute approximate surface area is 131 Å². The molecule has 0 atom stereocenters. The fourth-order valence-corrected chi connectivity index (χ4v) is 2.98. The second-order valence-corrected chi connectivity index (χ2v) is 5.89. The Bertz CT molecular complexity index is 738. The summed E-state index contributed by atoms with van der Waals surface area (Å²) in [5.74, 6) is -1.73. The maximum absolute atomic E-state index is 13.2. The highest BCUT2D eigenvalue weighted by Crippen LogP contribution is 2.36. The molecule has 0 radical (unpaired) electrons. The molecule has 0 fully saturated rings. The summed E-state index contributed by atoms with van der Waals surface area (Å²) in [6.07, 6.45) is 0. The quantitative estimate of drug-likeness (QED) is 0.638. The summed E-state index contributed by atoms with van der Waals surface area (Å²) in [6.45, 7) is 0. The third-order valence-electron chi connectivity index (χ3n) is 2.51. The molecule has 1 N–H and O–H groups in total. The molecule has 2 aromatic rings. The van der Waals surface area contributed by atoms with E-state index >= 15 is 0 Å². The number of benzene rings is 2. The minimum Gasteiger partial charge on any atom is -0.478 e. The van der Waals surface area contributed by atoms with Crippen LogP contribution >= 0.6 is 27.7 Å². The van der Waals surface area contributed by atoms with Crippen molar-refractivity contribution in [1.82, 2.24) is 0 Å². The van der Waals surface area contributed by atoms with E-state index < -0.39 is 16.7 Å². The van der Waals surface area contributed by atoms with Gasteiger partial charge in [-0.25, -0.2) is 9.18 Å². The predicted molar refractivity (Wildman–Crippen MR) is 78.3 cm³/mol. The molecule has 21 heavy (non-hydrogen) atoms. The summed E-state index contributed by atoms with van der Waals surface area (Å²) in [6, 6.07) is 7.62. The molecule has 2 rings (SSSR count). The third kappa shape index (κ3) is 3.59. The highest BCUT2D eigenvalue weighted by atomic mass is 79.9. The molecule has 108 valence electrons. The van der Waals surface area contributed by atoms with Crippen molar-refractivity contribution in [2.24, 2.45) is 0 Å². The summed E-state index contributed by atoms with van der Waals surface area (Å²) in [5.41, 5.74) is -0.208. The van der Waals surface area contributed by atoms with E-state index in [1.54, 1.807) is 6.07 Å². The van der Waals surface area contributed by atoms with Gasteiger partial charge in [-0.3, -0.25) is 10.1 Å². The van der Waals surface area contributed by atoms with Gasteiger partial charge in [0.1, 0.15) is 5.82 Å². The van der Waals surface area contributed by atoms with Gasteiger partial charge in [0.2, 0.25) is 0 Å². The molecule has 0 aromatic heterocycles. The lowest BCUT2D eigenvalue weighted by Crippen LogP contribution is -1.97. The van der Waals surface area contributed by atoms with Crippen LogP contribution in [0, 0.1) is 15.9 Å². The minimum atomic E-state index is -1.13. The number of carboxylic acid groups (broad SMARTS) is 1. The van der Waals surface area contributed by atoms with Crippen LogP contribution in [0.5, 0.6) is 0 Å². The van der Waals surface area contributed by atoms with Crippen molar-refractivity contribution in [3.05, 3.63) is 62.4 Å². The first kappa shape index (κ1) is 15.5. The van der Waals surface area contributed by atoms with Crippen LogP contribution in [-0.4, -0.2) is 16.0 Å². The first-order valence-corrected chi connectivity index (χ1v) is 7.14. The number of hydrogen-bond acceptors (Lipinski definition) is 4. The van der Waals surface area contributed by atoms with Crippen LogP contribution < -0.4 is 0 Å². The zero-order valence-electron chi connectivity index (χ0n) is 10.2. The molecule has 8 heteroatoms. The lowest BCUT2D eigenvalue weighted by atomic mass is 10.2. The predicted octanol–water partition coefficient (Wildman–Crippen LogP) is 4.35. The number of nitro groups is 1. The Kier molecular flexibility index (Phi) is 4.59. The first-order chi connectivity index (χ1) is 9.88. The van der Waals surface area contributed by atoms with E-state index in [9.17, 15) is 19.3 Å². The van der Waals surface area contributed by atoms with Crippen molar-refractivity contribution in [1.29, 1.82) is 0 Å². The van der Waals surface area contributed by atoms with Crippen LogP contribution in [0.4, 0.5) is 10.1 Å². The van der Waals surface area contributed by atoms with Crippen molar-refractivity contribution in [2.45, 2.75) is 9.79 Å². The molecule has 5 nitrogen and oxygen atoms in total. The van der Waals surface area contributed by atoms with Gasteiger partial charge in [-0.05, 0) is 46.3 Å². The number of carboxylic acids is 1. The average Bonchev–Trinajstić information content (AvgIpc) is 2.40. The van der Waals surface area contributed by atoms with E-state index in [1.807, 2.05) is 0 Å². The van der Waals surface area contributed by atoms with Gasteiger partial charge in [0.05, 0.1) is 15.4 Å². The monoisotopic (exact) mass is 371 g/mol. The largest absolute Gasteiger partial charge is 0.478 e. The van der Waals surface area contributed by atoms with Crippen LogP contribution in [0.25, 0.3) is 0 Å². The molecular formula is C13H7BrFNO4S. The van der Waals surface area contributed by atoms with E-state index in [0.717, 1.165) is 30.0 Å². The van der Waals surface area contributed by atoms with Crippen molar-refractivity contribution >= 4 is 39.3 Å². The second-order valence-electron chi connectivity index (χ2n) is 3.92. The van der Waals surface area contributed by atoms with Gasteiger partial charge in [0, 0.05) is 15.4 Å². The van der Waals surface area contributed by atoms with Gasteiger partial charge in [-0.2, -0.15) is 0 Å². The van der Waals surface area contributed by atoms with Gasteiger partial charge >= 0.3 is 5.97 Å². The van der Waals surface area contributed by atoms with E-state index in [2.05, 4.69) is 15.9 Å². The Morgan fingerprint density at radius 3 is 2.62 bits per heavy atom. The van der Waals surface area contributed by atoms with Gasteiger partial charge in [0.25, 0.3) is 5.69 Å². The number of nitro benzene ring substituents is 1. The second kappa shape index (κ2) is 6.23. The summed E-state index contributed by atoms with van der Waals surface area (Å²) >= 11 is 4.04. The van der Waals surface area contributed by atoms with E-state index in [1.165, 1.54) is 12.1 Å². The fourth-order valence-electron chi connectivity index (χ4n) is 1.58. The van der Waals surface area contributed by atoms with E-state index in [0.29, 0.717) is 9.37 Å². The summed E-state index contributed by atoms with van der Waals surface area (Å²) < 4.78 is 13.6. The normalized spacial score (nSPS) is 10.4. The van der Waals surface area contributed by atoms with E-state index in [-0.39, 0.29) is 16.1 Å². The smallest absolute Gasteiger partial charge is 0.336 e. The van der Waals surface area contributed by atoms with Crippen LogP contribution in [0.3, 0.4) is 0 Å². The van der Waals surface area contributed by atoms with Gasteiger partial charge in [-0.1, -0.05) is 11.8 Å². The number of rotatable bonds is 4. The first-order valence-electron chi connectivity index (χ1n) is 5.53. The van der Waals surface area contributed by atoms with Crippen molar-refractivity contribution < 1.29 is 19.2 Å². The molecule has 0 bridgehead atoms. The van der Waals surface area contributed by atoms with Crippen LogP contribution in [0.15, 0.2) is 50.7 Å². The zero-order valence-corrected chi connectivity index (χ0v) is 12.6. The zero-order chi connectivity index (χ0) is 15.6. The fraction of sp³-hybridized carbons (Fsp3) is 0. The summed E-state index contributed by atoms with van der Waals surface area (Å²) in [7, 11) is 0. The molecule has 0 amide bonds. The van der Waals surface area contributed by atoms with Crippen molar-refractivity contribution in [3.8, 4) is 0 Å². The molecule has 0 aliphatic carbocycles. The molecule has 0 unspecified atom stereocenters. The van der Waals surface area contributed by atoms with Crippen LogP contribution in [0.1, 0.15) is 10.4 Å². The van der Waals surface area contributed by atoms with Gasteiger partial charge < -0.3 is 5.11 Å². The maximum atomic E-state index is 13.2. The molecular weight excluding hydrogens is 365 g/mol. The summed E-state index contributed by atoms with van der Waals surface area (Å²) in [5, 5.41) is 20.0. The molecule has 2 aromatic carbocycles. The standard InChI is InChI=1S/C13H7BrFNO4S/c14-10-3-2-8(6-9(10)13(17)18)21-12-5-7(15)1-4-11(12)16(19)20/h1-6H,(H,17,18). The molecule has 0 heterocycles. The minimum absolute atomic E-state index is 0.0269. The third-order valence-corrected chi connectivity index (χ3v) is 4.24. The number of aromatic carboxylic acids is 1. The van der Waals surface area contributed by atoms with Crippen LogP contribution in [-0.2, 0) is 0 Å². The average molecular weight is 372 g/mol. The SMILES string of the molecule is O=C(O)c1cc(Sc2cc(F)ccc2[N+](=O)[O-])ccc1Br. The Balaban J connectivity index is 2.43. The Morgan fingerprint density at radius 1 is 1.29 bits per heavy atom. The van der Waals surface area contributed by atoms with Gasteiger partial charge in [-0.15, -0.1) is 0 Å². The van der Waals surface area contributed by atoms with E-state index in [4.69, 9.17) is 5.11 Å². The lowest BCUT2D eigenvalue weighted by molar-refractivity contribution is -0.387. The highest BCUT2D eigenvalue weighted by Gasteiger charge is 2.17. The van der Waals surface area contributed by atoms with Crippen molar-refractivity contribution in [2.75, 3.05) is 0 Å². The molecule has 0 aliphatic rings. The Morgan fingerprint density at radius 2 is 2.00 bits per heavy atom. The molecule has 0 spiro atoms. The lowest BCUT2D eigenvalue weighted by Gasteiger charge is -2.05.